The Kier molecular flexibility index (Phi) is 7.44. The highest BCUT2D eigenvalue weighted by atomic mass is 16.5. The van der Waals surface area contributed by atoms with Crippen LogP contribution in [0.15, 0.2) is 48.5 Å². The van der Waals surface area contributed by atoms with E-state index in [2.05, 4.69) is 10.6 Å². The number of methoxy groups -OCH3 is 1. The predicted molar refractivity (Wildman–Crippen MR) is 110 cm³/mol. The Balaban J connectivity index is 1.79. The smallest absolute Gasteiger partial charge is 0.225 e. The molecule has 0 atom stereocenters. The normalized spacial score (nSPS) is 10.9. The lowest BCUT2D eigenvalue weighted by Crippen LogP contribution is -2.35. The first kappa shape index (κ1) is 21.3. The Bertz CT molecular complexity index is 795. The van der Waals surface area contributed by atoms with Crippen LogP contribution in [-0.4, -0.2) is 25.5 Å². The molecule has 2 aromatic carbocycles. The van der Waals surface area contributed by atoms with E-state index >= 15 is 0 Å². The average Bonchev–Trinajstić information content (AvgIpc) is 2.66. The topological polar surface area (TPSA) is 76.7 Å². The summed E-state index contributed by atoms with van der Waals surface area (Å²) in [5.74, 6) is 1.81. The lowest BCUT2D eigenvalue weighted by Gasteiger charge is -2.17. The Morgan fingerprint density at radius 3 is 2.21 bits per heavy atom. The summed E-state index contributed by atoms with van der Waals surface area (Å²) in [6.07, 6.45) is 0.923. The molecule has 0 fully saturated rings. The van der Waals surface area contributed by atoms with Crippen molar-refractivity contribution in [1.29, 1.82) is 0 Å². The van der Waals surface area contributed by atoms with E-state index in [1.165, 1.54) is 0 Å². The molecule has 2 amide bonds. The van der Waals surface area contributed by atoms with Gasteiger partial charge in [0.15, 0.2) is 11.5 Å². The molecule has 6 nitrogen and oxygen atoms in total. The van der Waals surface area contributed by atoms with E-state index in [-0.39, 0.29) is 11.8 Å². The molecule has 2 aromatic rings. The minimum Gasteiger partial charge on any atom is -0.493 e. The van der Waals surface area contributed by atoms with Crippen LogP contribution in [0.3, 0.4) is 0 Å². The maximum Gasteiger partial charge on any atom is 0.225 e. The summed E-state index contributed by atoms with van der Waals surface area (Å²) in [5, 5.41) is 5.68. The van der Waals surface area contributed by atoms with Crippen LogP contribution in [0.5, 0.6) is 17.2 Å². The molecule has 0 heterocycles. The van der Waals surface area contributed by atoms with E-state index in [0.717, 1.165) is 0 Å². The Morgan fingerprint density at radius 1 is 0.964 bits per heavy atom. The van der Waals surface area contributed by atoms with Gasteiger partial charge in [0, 0.05) is 24.1 Å². The lowest BCUT2D eigenvalue weighted by molar-refractivity contribution is -0.128. The molecule has 6 heteroatoms. The van der Waals surface area contributed by atoms with Gasteiger partial charge in [-0.1, -0.05) is 32.9 Å². The van der Waals surface area contributed by atoms with Crippen molar-refractivity contribution < 1.29 is 19.1 Å². The Morgan fingerprint density at radius 2 is 1.61 bits per heavy atom. The van der Waals surface area contributed by atoms with Crippen molar-refractivity contribution in [2.24, 2.45) is 5.41 Å². The molecule has 0 aliphatic carbocycles. The molecule has 0 bridgehead atoms. The van der Waals surface area contributed by atoms with Gasteiger partial charge in [0.25, 0.3) is 0 Å². The fourth-order valence-corrected chi connectivity index (χ4v) is 2.38. The zero-order chi connectivity index (χ0) is 20.6. The van der Waals surface area contributed by atoms with Gasteiger partial charge in [0.2, 0.25) is 11.8 Å². The molecule has 0 aliphatic heterocycles. The molecule has 0 unspecified atom stereocenters. The van der Waals surface area contributed by atoms with Gasteiger partial charge in [-0.2, -0.15) is 0 Å². The molecule has 2 N–H and O–H groups in total. The summed E-state index contributed by atoms with van der Waals surface area (Å²) in [6, 6.07) is 14.5. The third kappa shape index (κ3) is 6.61. The van der Waals surface area contributed by atoms with Crippen molar-refractivity contribution in [3.8, 4) is 17.2 Å². The number of hydrogen-bond donors (Lipinski definition) is 2. The Labute approximate surface area is 166 Å². The minimum atomic E-state index is -0.421. The van der Waals surface area contributed by atoms with Crippen molar-refractivity contribution in [2.45, 2.75) is 33.6 Å². The number of rotatable bonds is 8. The molecule has 0 aliphatic rings. The molecular weight excluding hydrogens is 356 g/mol. The molecule has 0 aromatic heterocycles. The lowest BCUT2D eigenvalue weighted by atomic mass is 9.96. The quantitative estimate of drug-likeness (QED) is 0.663. The van der Waals surface area contributed by atoms with Crippen molar-refractivity contribution in [3.05, 3.63) is 48.5 Å². The average molecular weight is 384 g/mol. The van der Waals surface area contributed by atoms with Crippen molar-refractivity contribution in [3.63, 3.8) is 0 Å². The third-order valence-electron chi connectivity index (χ3n) is 3.98. The highest BCUT2D eigenvalue weighted by Gasteiger charge is 2.20. The van der Waals surface area contributed by atoms with Crippen molar-refractivity contribution in [1.82, 2.24) is 5.32 Å². The summed E-state index contributed by atoms with van der Waals surface area (Å²) in [7, 11) is 1.59. The van der Waals surface area contributed by atoms with E-state index in [4.69, 9.17) is 9.47 Å². The van der Waals surface area contributed by atoms with Crippen LogP contribution in [0, 0.1) is 5.41 Å². The van der Waals surface area contributed by atoms with Crippen LogP contribution in [0.25, 0.3) is 0 Å². The minimum absolute atomic E-state index is 0.0152. The van der Waals surface area contributed by atoms with E-state index in [9.17, 15) is 9.59 Å². The fraction of sp³-hybridized carbons (Fsp3) is 0.364. The van der Waals surface area contributed by atoms with Gasteiger partial charge in [0.1, 0.15) is 5.75 Å². The van der Waals surface area contributed by atoms with Crippen LogP contribution in [0.4, 0.5) is 5.69 Å². The van der Waals surface area contributed by atoms with E-state index < -0.39 is 5.41 Å². The zero-order valence-electron chi connectivity index (χ0n) is 16.9. The van der Waals surface area contributed by atoms with Gasteiger partial charge >= 0.3 is 0 Å². The fourth-order valence-electron chi connectivity index (χ4n) is 2.38. The molecular formula is C22H28N2O4. The summed E-state index contributed by atoms with van der Waals surface area (Å²) in [6.45, 7) is 6.05. The molecule has 0 radical (unpaired) electrons. The maximum absolute atomic E-state index is 12.0. The monoisotopic (exact) mass is 384 g/mol. The largest absolute Gasteiger partial charge is 0.493 e. The number of amides is 2. The van der Waals surface area contributed by atoms with Crippen LogP contribution >= 0.6 is 0 Å². The number of carbonyl (C=O) groups excluding carboxylic acids is 2. The second-order valence-electron chi connectivity index (χ2n) is 7.43. The van der Waals surface area contributed by atoms with E-state index in [1.54, 1.807) is 31.4 Å². The molecule has 2 rings (SSSR count). The summed E-state index contributed by atoms with van der Waals surface area (Å²) in [5.41, 5.74) is 0.270. The first-order valence-electron chi connectivity index (χ1n) is 9.28. The first-order valence-corrected chi connectivity index (χ1v) is 9.28. The van der Waals surface area contributed by atoms with Gasteiger partial charge in [0.05, 0.1) is 7.11 Å². The van der Waals surface area contributed by atoms with Gasteiger partial charge < -0.3 is 20.1 Å². The predicted octanol–water partition coefficient (Wildman–Crippen LogP) is 4.37. The highest BCUT2D eigenvalue weighted by molar-refractivity contribution is 5.90. The van der Waals surface area contributed by atoms with E-state index in [0.29, 0.717) is 42.3 Å². The molecule has 28 heavy (non-hydrogen) atoms. The first-order chi connectivity index (χ1) is 13.3. The molecule has 0 saturated heterocycles. The van der Waals surface area contributed by atoms with Crippen LogP contribution < -0.4 is 20.1 Å². The third-order valence-corrected chi connectivity index (χ3v) is 3.98. The molecule has 150 valence electrons. The van der Waals surface area contributed by atoms with Gasteiger partial charge in [-0.15, -0.1) is 0 Å². The SMILES string of the molecule is COc1ccccc1Oc1ccc(NC(=O)CCCNC(=O)C(C)(C)C)cc1. The van der Waals surface area contributed by atoms with Crippen LogP contribution in [0.1, 0.15) is 33.6 Å². The standard InChI is InChI=1S/C22H28N2O4/c1-22(2,3)21(26)23-15-7-10-20(25)24-16-11-13-17(14-12-16)28-19-9-6-5-8-18(19)27-4/h5-6,8-9,11-14H,7,10,15H2,1-4H3,(H,23,26)(H,24,25). The number of carbonyl (C=O) groups is 2. The number of nitrogens with one attached hydrogen (secondary N) is 2. The number of benzene rings is 2. The molecule has 0 saturated carbocycles. The second kappa shape index (κ2) is 9.78. The van der Waals surface area contributed by atoms with Crippen molar-refractivity contribution >= 4 is 17.5 Å². The van der Waals surface area contributed by atoms with Crippen LogP contribution in [-0.2, 0) is 9.59 Å². The Hall–Kier alpha value is -3.02. The molecule has 0 spiro atoms. The van der Waals surface area contributed by atoms with Gasteiger partial charge in [-0.25, -0.2) is 0 Å². The van der Waals surface area contributed by atoms with Crippen molar-refractivity contribution in [2.75, 3.05) is 19.0 Å². The number of hydrogen-bond acceptors (Lipinski definition) is 4. The van der Waals surface area contributed by atoms with Gasteiger partial charge in [-0.05, 0) is 42.8 Å². The van der Waals surface area contributed by atoms with Crippen LogP contribution in [0.2, 0.25) is 0 Å². The van der Waals surface area contributed by atoms with E-state index in [1.807, 2.05) is 45.0 Å². The number of ether oxygens (including phenoxy) is 2. The highest BCUT2D eigenvalue weighted by Crippen LogP contribution is 2.31. The summed E-state index contributed by atoms with van der Waals surface area (Å²) in [4.78, 5) is 23.8. The second-order valence-corrected chi connectivity index (χ2v) is 7.43. The summed E-state index contributed by atoms with van der Waals surface area (Å²) < 4.78 is 11.1. The van der Waals surface area contributed by atoms with Gasteiger partial charge in [-0.3, -0.25) is 9.59 Å². The summed E-state index contributed by atoms with van der Waals surface area (Å²) >= 11 is 0. The number of para-hydroxylation sites is 2. The number of anilines is 1. The maximum atomic E-state index is 12.0. The zero-order valence-corrected chi connectivity index (χ0v) is 16.9.